The fourth-order valence-corrected chi connectivity index (χ4v) is 1.94. The van der Waals surface area contributed by atoms with E-state index in [1.807, 2.05) is 12.1 Å². The predicted octanol–water partition coefficient (Wildman–Crippen LogP) is 3.99. The van der Waals surface area contributed by atoms with Crippen molar-refractivity contribution >= 4 is 0 Å². The molecule has 0 saturated carbocycles. The lowest BCUT2D eigenvalue weighted by Gasteiger charge is -2.12. The summed E-state index contributed by atoms with van der Waals surface area (Å²) in [6.07, 6.45) is 1.68. The summed E-state index contributed by atoms with van der Waals surface area (Å²) in [5.41, 5.74) is 1.53. The van der Waals surface area contributed by atoms with Crippen LogP contribution in [0.3, 0.4) is 0 Å². The van der Waals surface area contributed by atoms with Gasteiger partial charge in [0.1, 0.15) is 17.3 Å². The molecule has 0 saturated heterocycles. The van der Waals surface area contributed by atoms with Crippen LogP contribution in [-0.4, -0.2) is 11.5 Å². The summed E-state index contributed by atoms with van der Waals surface area (Å²) in [4.78, 5) is 4.37. The molecule has 1 aromatic carbocycles. The minimum Gasteiger partial charge on any atom is -0.456 e. The first-order valence-electron chi connectivity index (χ1n) is 6.73. The van der Waals surface area contributed by atoms with E-state index in [-0.39, 0.29) is 11.9 Å². The molecule has 0 aliphatic heterocycles. The van der Waals surface area contributed by atoms with Gasteiger partial charge in [0.05, 0.1) is 11.9 Å². The van der Waals surface area contributed by atoms with E-state index >= 15 is 0 Å². The van der Waals surface area contributed by atoms with E-state index in [2.05, 4.69) is 24.1 Å². The first-order chi connectivity index (χ1) is 9.60. The van der Waals surface area contributed by atoms with Gasteiger partial charge in [-0.25, -0.2) is 4.39 Å². The number of nitrogens with zero attached hydrogens (tertiary/aromatic N) is 1. The van der Waals surface area contributed by atoms with Gasteiger partial charge in [-0.15, -0.1) is 0 Å². The molecule has 106 valence electrons. The van der Waals surface area contributed by atoms with E-state index in [0.29, 0.717) is 17.1 Å². The molecule has 0 aliphatic carbocycles. The second kappa shape index (κ2) is 6.48. The number of nitrogens with one attached hydrogen (secondary N) is 1. The average Bonchev–Trinajstić information content (AvgIpc) is 2.44. The molecule has 4 heteroatoms. The summed E-state index contributed by atoms with van der Waals surface area (Å²) in [7, 11) is 0. The van der Waals surface area contributed by atoms with Gasteiger partial charge in [0.15, 0.2) is 0 Å². The van der Waals surface area contributed by atoms with Gasteiger partial charge >= 0.3 is 0 Å². The third-order valence-electron chi connectivity index (χ3n) is 3.08. The second-order valence-electron chi connectivity index (χ2n) is 4.71. The molecule has 0 aliphatic rings. The highest BCUT2D eigenvalue weighted by Crippen LogP contribution is 2.23. The molecule has 1 N–H and O–H groups in total. The van der Waals surface area contributed by atoms with Crippen molar-refractivity contribution in [3.63, 3.8) is 0 Å². The van der Waals surface area contributed by atoms with Crippen LogP contribution in [0.4, 0.5) is 4.39 Å². The molecule has 20 heavy (non-hydrogen) atoms. The molecule has 0 bridgehead atoms. The maximum Gasteiger partial charge on any atom is 0.145 e. The summed E-state index contributed by atoms with van der Waals surface area (Å²) < 4.78 is 18.8. The van der Waals surface area contributed by atoms with Crippen molar-refractivity contribution < 1.29 is 9.13 Å². The van der Waals surface area contributed by atoms with Gasteiger partial charge in [0.2, 0.25) is 0 Å². The summed E-state index contributed by atoms with van der Waals surface area (Å²) in [5, 5.41) is 3.30. The molecule has 2 rings (SSSR count). The average molecular weight is 274 g/mol. The lowest BCUT2D eigenvalue weighted by atomic mass is 10.2. The predicted molar refractivity (Wildman–Crippen MR) is 77.5 cm³/mol. The summed E-state index contributed by atoms with van der Waals surface area (Å²) >= 11 is 0. The summed E-state index contributed by atoms with van der Waals surface area (Å²) in [6, 6.07) is 8.69. The van der Waals surface area contributed by atoms with E-state index in [4.69, 9.17) is 4.74 Å². The van der Waals surface area contributed by atoms with Crippen LogP contribution in [0.1, 0.15) is 31.1 Å². The molecule has 1 unspecified atom stereocenters. The van der Waals surface area contributed by atoms with Crippen LogP contribution in [0.25, 0.3) is 0 Å². The fraction of sp³-hybridized carbons (Fsp3) is 0.312. The lowest BCUT2D eigenvalue weighted by molar-refractivity contribution is 0.475. The minimum absolute atomic E-state index is 0.210. The highest BCUT2D eigenvalue weighted by Gasteiger charge is 2.06. The highest BCUT2D eigenvalue weighted by atomic mass is 19.1. The Labute approximate surface area is 118 Å². The Morgan fingerprint density at radius 3 is 2.60 bits per heavy atom. The Balaban J connectivity index is 2.08. The van der Waals surface area contributed by atoms with Gasteiger partial charge in [0, 0.05) is 6.04 Å². The number of hydrogen-bond donors (Lipinski definition) is 1. The van der Waals surface area contributed by atoms with Gasteiger partial charge < -0.3 is 10.1 Å². The van der Waals surface area contributed by atoms with Crippen LogP contribution in [0.5, 0.6) is 11.5 Å². The molecule has 1 aromatic heterocycles. The number of pyridine rings is 1. The standard InChI is InChI=1S/C16H19FN2O/c1-4-18-12(3)16-8-6-14(10-19-16)20-13-5-7-15(17)11(2)9-13/h5-10,12,18H,4H2,1-3H3. The molecule has 0 amide bonds. The number of rotatable bonds is 5. The Morgan fingerprint density at radius 1 is 1.25 bits per heavy atom. The van der Waals surface area contributed by atoms with E-state index in [1.165, 1.54) is 6.07 Å². The van der Waals surface area contributed by atoms with Gasteiger partial charge in [-0.3, -0.25) is 4.98 Å². The zero-order chi connectivity index (χ0) is 14.5. The van der Waals surface area contributed by atoms with Gasteiger partial charge in [-0.1, -0.05) is 6.92 Å². The minimum atomic E-state index is -0.231. The van der Waals surface area contributed by atoms with Crippen molar-refractivity contribution in [3.8, 4) is 11.5 Å². The molecule has 0 radical (unpaired) electrons. The number of aryl methyl sites for hydroxylation is 1. The highest BCUT2D eigenvalue weighted by molar-refractivity contribution is 5.33. The second-order valence-corrected chi connectivity index (χ2v) is 4.71. The van der Waals surface area contributed by atoms with Gasteiger partial charge in [-0.2, -0.15) is 0 Å². The smallest absolute Gasteiger partial charge is 0.145 e. The van der Waals surface area contributed by atoms with Crippen LogP contribution >= 0.6 is 0 Å². The first-order valence-corrected chi connectivity index (χ1v) is 6.73. The number of hydrogen-bond acceptors (Lipinski definition) is 3. The quantitative estimate of drug-likeness (QED) is 0.895. The Hall–Kier alpha value is -1.94. The molecule has 1 atom stereocenters. The Kier molecular flexibility index (Phi) is 4.69. The third kappa shape index (κ3) is 3.54. The van der Waals surface area contributed by atoms with Crippen molar-refractivity contribution in [3.05, 3.63) is 53.6 Å². The Morgan fingerprint density at radius 2 is 2.00 bits per heavy atom. The monoisotopic (exact) mass is 274 g/mol. The fourth-order valence-electron chi connectivity index (χ4n) is 1.94. The number of halogens is 1. The zero-order valence-corrected chi connectivity index (χ0v) is 12.0. The largest absolute Gasteiger partial charge is 0.456 e. The van der Waals surface area contributed by atoms with Crippen LogP contribution in [0, 0.1) is 12.7 Å². The van der Waals surface area contributed by atoms with E-state index in [9.17, 15) is 4.39 Å². The van der Waals surface area contributed by atoms with E-state index in [1.54, 1.807) is 25.3 Å². The van der Waals surface area contributed by atoms with Gasteiger partial charge in [0.25, 0.3) is 0 Å². The maximum absolute atomic E-state index is 13.2. The van der Waals surface area contributed by atoms with Crippen molar-refractivity contribution in [1.82, 2.24) is 10.3 Å². The van der Waals surface area contributed by atoms with Crippen molar-refractivity contribution in [2.24, 2.45) is 0 Å². The van der Waals surface area contributed by atoms with Crippen molar-refractivity contribution in [1.29, 1.82) is 0 Å². The van der Waals surface area contributed by atoms with Crippen LogP contribution in [0.15, 0.2) is 36.5 Å². The third-order valence-corrected chi connectivity index (χ3v) is 3.08. The van der Waals surface area contributed by atoms with Crippen LogP contribution in [-0.2, 0) is 0 Å². The number of aromatic nitrogens is 1. The molecular weight excluding hydrogens is 255 g/mol. The zero-order valence-electron chi connectivity index (χ0n) is 12.0. The topological polar surface area (TPSA) is 34.1 Å². The first kappa shape index (κ1) is 14.5. The molecule has 1 heterocycles. The number of ether oxygens (including phenoxy) is 1. The van der Waals surface area contributed by atoms with Crippen LogP contribution < -0.4 is 10.1 Å². The van der Waals surface area contributed by atoms with Gasteiger partial charge in [-0.05, 0) is 56.3 Å². The van der Waals surface area contributed by atoms with Crippen LogP contribution in [0.2, 0.25) is 0 Å². The Bertz CT molecular complexity index is 569. The summed E-state index contributed by atoms with van der Waals surface area (Å²) in [6.45, 7) is 6.73. The summed E-state index contributed by atoms with van der Waals surface area (Å²) in [5.74, 6) is 1.02. The maximum atomic E-state index is 13.2. The molecule has 0 spiro atoms. The van der Waals surface area contributed by atoms with Crippen molar-refractivity contribution in [2.45, 2.75) is 26.8 Å². The number of benzene rings is 1. The van der Waals surface area contributed by atoms with E-state index in [0.717, 1.165) is 12.2 Å². The SMILES string of the molecule is CCNC(C)c1ccc(Oc2ccc(F)c(C)c2)cn1. The molecule has 3 nitrogen and oxygen atoms in total. The molecule has 0 fully saturated rings. The normalized spacial score (nSPS) is 12.2. The van der Waals surface area contributed by atoms with E-state index < -0.39 is 0 Å². The molecule has 2 aromatic rings. The lowest BCUT2D eigenvalue weighted by Crippen LogP contribution is -2.18. The van der Waals surface area contributed by atoms with Crippen molar-refractivity contribution in [2.75, 3.05) is 6.54 Å². The molecular formula is C16H19FN2O.